The van der Waals surface area contributed by atoms with E-state index in [9.17, 15) is 14.4 Å². The van der Waals surface area contributed by atoms with Gasteiger partial charge in [0.15, 0.2) is 5.69 Å². The molecule has 0 bridgehead atoms. The van der Waals surface area contributed by atoms with Gasteiger partial charge in [-0.2, -0.15) is 4.37 Å². The van der Waals surface area contributed by atoms with Gasteiger partial charge in [0.2, 0.25) is 5.91 Å². The molecule has 1 heterocycles. The Labute approximate surface area is 197 Å². The summed E-state index contributed by atoms with van der Waals surface area (Å²) in [5.41, 5.74) is 11.6. The number of hydrogen-bond donors (Lipinski definition) is 3. The summed E-state index contributed by atoms with van der Waals surface area (Å²) in [6, 6.07) is 5.87. The molecule has 2 aromatic rings. The van der Waals surface area contributed by atoms with Crippen LogP contribution in [0.1, 0.15) is 66.6 Å². The Hall–Kier alpha value is -2.65. The van der Waals surface area contributed by atoms with Crippen molar-refractivity contribution < 1.29 is 14.4 Å². The first-order chi connectivity index (χ1) is 15.2. The molecule has 0 unspecified atom stereocenters. The van der Waals surface area contributed by atoms with Gasteiger partial charge in [-0.05, 0) is 54.6 Å². The largest absolute Gasteiger partial charge is 0.395 e. The van der Waals surface area contributed by atoms with Crippen LogP contribution in [0.4, 0.5) is 11.4 Å². The zero-order valence-electron chi connectivity index (χ0n) is 18.6. The first-order valence-electron chi connectivity index (χ1n) is 10.6. The molecule has 1 aromatic carbocycles. The number of nitrogen functional groups attached to an aromatic ring is 1. The van der Waals surface area contributed by atoms with Crippen molar-refractivity contribution in [3.05, 3.63) is 39.9 Å². The molecule has 174 valence electrons. The number of benzene rings is 1. The highest BCUT2D eigenvalue weighted by Gasteiger charge is 2.34. The van der Waals surface area contributed by atoms with Crippen LogP contribution in [0.3, 0.4) is 0 Å². The van der Waals surface area contributed by atoms with E-state index < -0.39 is 17.9 Å². The minimum absolute atomic E-state index is 0.0604. The SMILES string of the molecule is CCCC[C@@H](C(=O)NCCC(C)C)N(C(=O)c1snc(C(N)=O)c1N)c1ccc(Cl)cc1. The van der Waals surface area contributed by atoms with Crippen molar-refractivity contribution in [3.63, 3.8) is 0 Å². The first kappa shape index (κ1) is 25.6. The van der Waals surface area contributed by atoms with Gasteiger partial charge in [0, 0.05) is 17.3 Å². The number of nitrogens with zero attached hydrogens (tertiary/aromatic N) is 2. The van der Waals surface area contributed by atoms with Crippen molar-refractivity contribution in [2.75, 3.05) is 17.2 Å². The number of halogens is 1. The molecular formula is C22H30ClN5O3S. The van der Waals surface area contributed by atoms with E-state index in [2.05, 4.69) is 23.5 Å². The maximum Gasteiger partial charge on any atom is 0.272 e. The van der Waals surface area contributed by atoms with Crippen LogP contribution in [0.15, 0.2) is 24.3 Å². The van der Waals surface area contributed by atoms with Gasteiger partial charge >= 0.3 is 0 Å². The molecule has 10 heteroatoms. The van der Waals surface area contributed by atoms with Crippen molar-refractivity contribution in [1.29, 1.82) is 0 Å². The van der Waals surface area contributed by atoms with Crippen molar-refractivity contribution in [2.24, 2.45) is 11.7 Å². The lowest BCUT2D eigenvalue weighted by Crippen LogP contribution is -2.50. The topological polar surface area (TPSA) is 131 Å². The number of hydrogen-bond acceptors (Lipinski definition) is 6. The molecule has 1 atom stereocenters. The Bertz CT molecular complexity index is 946. The molecule has 32 heavy (non-hydrogen) atoms. The van der Waals surface area contributed by atoms with E-state index in [1.54, 1.807) is 24.3 Å². The summed E-state index contributed by atoms with van der Waals surface area (Å²) in [5.74, 6) is -1.15. The van der Waals surface area contributed by atoms with Gasteiger partial charge in [-0.1, -0.05) is 45.2 Å². The molecule has 0 aliphatic carbocycles. The molecule has 5 N–H and O–H groups in total. The van der Waals surface area contributed by atoms with Crippen molar-refractivity contribution in [3.8, 4) is 0 Å². The molecule has 2 rings (SSSR count). The lowest BCUT2D eigenvalue weighted by molar-refractivity contribution is -0.122. The summed E-state index contributed by atoms with van der Waals surface area (Å²) >= 11 is 6.83. The van der Waals surface area contributed by atoms with Crippen LogP contribution in [0.25, 0.3) is 0 Å². The molecule has 0 aliphatic rings. The maximum atomic E-state index is 13.6. The van der Waals surface area contributed by atoms with Gasteiger partial charge in [0.25, 0.3) is 11.8 Å². The number of nitrogens with one attached hydrogen (secondary N) is 1. The fraction of sp³-hybridized carbons (Fsp3) is 0.455. The highest BCUT2D eigenvalue weighted by Crippen LogP contribution is 2.29. The Kier molecular flexibility index (Phi) is 9.46. The molecule has 1 aromatic heterocycles. The highest BCUT2D eigenvalue weighted by atomic mass is 35.5. The van der Waals surface area contributed by atoms with Crippen LogP contribution in [0, 0.1) is 5.92 Å². The zero-order chi connectivity index (χ0) is 23.8. The third-order valence-electron chi connectivity index (χ3n) is 4.95. The normalized spacial score (nSPS) is 11.9. The minimum atomic E-state index is -0.815. The summed E-state index contributed by atoms with van der Waals surface area (Å²) in [6.07, 6.45) is 2.88. The van der Waals surface area contributed by atoms with E-state index in [-0.39, 0.29) is 22.2 Å². The number of unbranched alkanes of at least 4 members (excludes halogenated alkanes) is 1. The number of nitrogens with two attached hydrogens (primary N) is 2. The number of anilines is 2. The van der Waals surface area contributed by atoms with Crippen LogP contribution in [-0.2, 0) is 4.79 Å². The molecule has 0 spiro atoms. The standard InChI is InChI=1S/C22H30ClN5O3S/c1-4-5-6-16(21(30)26-12-11-13(2)3)28(15-9-7-14(23)8-10-15)22(31)19-17(24)18(20(25)29)27-32-19/h7-10,13,16H,4-6,11-12,24H2,1-3H3,(H2,25,29)(H,26,30)/t16-/m0/s1. The third kappa shape index (κ3) is 6.43. The second-order valence-electron chi connectivity index (χ2n) is 7.92. The van der Waals surface area contributed by atoms with E-state index in [1.807, 2.05) is 6.92 Å². The molecule has 0 saturated carbocycles. The van der Waals surface area contributed by atoms with Gasteiger partial charge in [0.1, 0.15) is 10.9 Å². The van der Waals surface area contributed by atoms with E-state index in [0.29, 0.717) is 29.6 Å². The molecule has 0 fully saturated rings. The molecule has 0 aliphatic heterocycles. The first-order valence-corrected chi connectivity index (χ1v) is 11.7. The van der Waals surface area contributed by atoms with Crippen LogP contribution in [0.5, 0.6) is 0 Å². The highest BCUT2D eigenvalue weighted by molar-refractivity contribution is 7.09. The van der Waals surface area contributed by atoms with Gasteiger partial charge < -0.3 is 16.8 Å². The Morgan fingerprint density at radius 3 is 2.38 bits per heavy atom. The molecule has 0 saturated heterocycles. The average molecular weight is 480 g/mol. The summed E-state index contributed by atoms with van der Waals surface area (Å²) in [7, 11) is 0. The van der Waals surface area contributed by atoms with Crippen LogP contribution in [-0.4, -0.2) is 34.7 Å². The number of carbonyl (C=O) groups is 3. The molecule has 3 amide bonds. The lowest BCUT2D eigenvalue weighted by Gasteiger charge is -2.31. The van der Waals surface area contributed by atoms with E-state index in [1.165, 1.54) is 4.90 Å². The predicted molar refractivity (Wildman–Crippen MR) is 129 cm³/mol. The summed E-state index contributed by atoms with van der Waals surface area (Å²) in [6.45, 7) is 6.68. The van der Waals surface area contributed by atoms with E-state index in [4.69, 9.17) is 23.1 Å². The number of carbonyl (C=O) groups excluding carboxylic acids is 3. The average Bonchev–Trinajstić information content (AvgIpc) is 3.13. The summed E-state index contributed by atoms with van der Waals surface area (Å²) in [4.78, 5) is 39.9. The fourth-order valence-corrected chi connectivity index (χ4v) is 4.02. The molecule has 8 nitrogen and oxygen atoms in total. The predicted octanol–water partition coefficient (Wildman–Crippen LogP) is 3.85. The second kappa shape index (κ2) is 11.8. The number of aromatic nitrogens is 1. The van der Waals surface area contributed by atoms with Crippen molar-refractivity contribution in [2.45, 2.75) is 52.5 Å². The maximum absolute atomic E-state index is 13.6. The van der Waals surface area contributed by atoms with Gasteiger partial charge in [0.05, 0.1) is 5.69 Å². The van der Waals surface area contributed by atoms with Crippen molar-refractivity contribution in [1.82, 2.24) is 9.69 Å². The van der Waals surface area contributed by atoms with Crippen LogP contribution >= 0.6 is 23.1 Å². The van der Waals surface area contributed by atoms with E-state index >= 15 is 0 Å². The third-order valence-corrected chi connectivity index (χ3v) is 6.05. The Morgan fingerprint density at radius 2 is 1.84 bits per heavy atom. The lowest BCUT2D eigenvalue weighted by atomic mass is 10.0. The Balaban J connectivity index is 2.48. The summed E-state index contributed by atoms with van der Waals surface area (Å²) < 4.78 is 3.93. The fourth-order valence-electron chi connectivity index (χ4n) is 3.16. The van der Waals surface area contributed by atoms with Crippen LogP contribution in [0.2, 0.25) is 5.02 Å². The number of rotatable bonds is 11. The van der Waals surface area contributed by atoms with Gasteiger partial charge in [-0.25, -0.2) is 0 Å². The van der Waals surface area contributed by atoms with Gasteiger partial charge in [-0.3, -0.25) is 19.3 Å². The monoisotopic (exact) mass is 479 g/mol. The Morgan fingerprint density at radius 1 is 1.19 bits per heavy atom. The molecule has 0 radical (unpaired) electrons. The second-order valence-corrected chi connectivity index (χ2v) is 9.13. The zero-order valence-corrected chi connectivity index (χ0v) is 20.1. The minimum Gasteiger partial charge on any atom is -0.395 e. The molecular weight excluding hydrogens is 450 g/mol. The summed E-state index contributed by atoms with van der Waals surface area (Å²) in [5, 5.41) is 3.45. The quantitative estimate of drug-likeness (QED) is 0.450. The number of primary amides is 1. The van der Waals surface area contributed by atoms with Crippen LogP contribution < -0.4 is 21.7 Å². The number of amides is 3. The van der Waals surface area contributed by atoms with Gasteiger partial charge in [-0.15, -0.1) is 0 Å². The van der Waals surface area contributed by atoms with Crippen molar-refractivity contribution >= 4 is 52.2 Å². The van der Waals surface area contributed by atoms with E-state index in [0.717, 1.165) is 30.8 Å². The smallest absolute Gasteiger partial charge is 0.272 e.